The molecular weight excluding hydrogens is 442 g/mol. The Morgan fingerprint density at radius 1 is 1.12 bits per heavy atom. The number of carbonyl (C=O) groups excluding carboxylic acids is 1. The Kier molecular flexibility index (Phi) is 6.93. The highest BCUT2D eigenvalue weighted by Gasteiger charge is 2.37. The zero-order valence-corrected chi connectivity index (χ0v) is 19.1. The van der Waals surface area contributed by atoms with Crippen molar-refractivity contribution in [2.75, 3.05) is 6.54 Å². The summed E-state index contributed by atoms with van der Waals surface area (Å²) >= 11 is 7.36. The molecule has 162 valence electrons. The molecule has 1 aliphatic rings. The first-order valence-electron chi connectivity index (χ1n) is 10.1. The fourth-order valence-corrected chi connectivity index (χ4v) is 4.55. The van der Waals surface area contributed by atoms with Crippen molar-refractivity contribution in [1.29, 1.82) is 0 Å². The van der Waals surface area contributed by atoms with E-state index < -0.39 is 0 Å². The van der Waals surface area contributed by atoms with Crippen molar-refractivity contribution in [1.82, 2.24) is 4.90 Å². The molecule has 0 radical (unpaired) electrons. The summed E-state index contributed by atoms with van der Waals surface area (Å²) in [6.45, 7) is 6.20. The number of carbonyl (C=O) groups is 1. The van der Waals surface area contributed by atoms with Crippen molar-refractivity contribution in [2.24, 2.45) is 10.2 Å². The van der Waals surface area contributed by atoms with Gasteiger partial charge < -0.3 is 4.42 Å². The van der Waals surface area contributed by atoms with Crippen LogP contribution in [0.25, 0.3) is 11.3 Å². The normalized spacial score (nSPS) is 17.6. The Labute approximate surface area is 196 Å². The molecule has 2 heterocycles. The van der Waals surface area contributed by atoms with Gasteiger partial charge in [-0.15, -0.1) is 11.7 Å². The van der Waals surface area contributed by atoms with Gasteiger partial charge in [0.05, 0.1) is 11.5 Å². The summed E-state index contributed by atoms with van der Waals surface area (Å²) in [6.07, 6.45) is 3.87. The molecular formula is C25H22ClN3O2S. The topological polar surface area (TPSA) is 58.2 Å². The van der Waals surface area contributed by atoms with Gasteiger partial charge in [0.1, 0.15) is 11.5 Å². The molecule has 1 aliphatic heterocycles. The van der Waals surface area contributed by atoms with E-state index in [0.29, 0.717) is 34.7 Å². The number of amides is 1. The van der Waals surface area contributed by atoms with Crippen LogP contribution in [0.4, 0.5) is 0 Å². The highest BCUT2D eigenvalue weighted by atomic mass is 35.5. The summed E-state index contributed by atoms with van der Waals surface area (Å²) in [5, 5.41) is 9.47. The van der Waals surface area contributed by atoms with E-state index in [9.17, 15) is 4.79 Å². The van der Waals surface area contributed by atoms with Gasteiger partial charge in [0.15, 0.2) is 5.17 Å². The maximum Gasteiger partial charge on any atom is 0.242 e. The monoisotopic (exact) mass is 463 g/mol. The van der Waals surface area contributed by atoms with Crippen LogP contribution >= 0.6 is 23.4 Å². The van der Waals surface area contributed by atoms with E-state index in [0.717, 1.165) is 11.1 Å². The van der Waals surface area contributed by atoms with Gasteiger partial charge >= 0.3 is 0 Å². The van der Waals surface area contributed by atoms with Gasteiger partial charge in [-0.25, -0.2) is 0 Å². The minimum Gasteiger partial charge on any atom is -0.455 e. The number of nitrogens with zero attached hydrogens (tertiary/aromatic N) is 3. The van der Waals surface area contributed by atoms with Crippen LogP contribution in [-0.4, -0.2) is 34.0 Å². The van der Waals surface area contributed by atoms with Gasteiger partial charge in [-0.05, 0) is 55.3 Å². The lowest BCUT2D eigenvalue weighted by Gasteiger charge is -2.12. The molecule has 1 aromatic heterocycles. The van der Waals surface area contributed by atoms with Crippen molar-refractivity contribution in [2.45, 2.75) is 18.6 Å². The smallest absolute Gasteiger partial charge is 0.242 e. The molecule has 7 heteroatoms. The van der Waals surface area contributed by atoms with Gasteiger partial charge in [-0.1, -0.05) is 59.3 Å². The Balaban J connectivity index is 1.47. The van der Waals surface area contributed by atoms with Crippen molar-refractivity contribution in [3.63, 3.8) is 0 Å². The Bertz CT molecular complexity index is 1170. The zero-order chi connectivity index (χ0) is 22.5. The molecule has 4 rings (SSSR count). The second-order valence-corrected chi connectivity index (χ2v) is 8.98. The molecule has 1 saturated heterocycles. The summed E-state index contributed by atoms with van der Waals surface area (Å²) in [7, 11) is 0. The van der Waals surface area contributed by atoms with Crippen LogP contribution in [0, 0.1) is 6.92 Å². The van der Waals surface area contributed by atoms with Gasteiger partial charge in [-0.3, -0.25) is 9.69 Å². The third-order valence-electron chi connectivity index (χ3n) is 4.96. The minimum atomic E-state index is -0.230. The third-order valence-corrected chi connectivity index (χ3v) is 6.37. The highest BCUT2D eigenvalue weighted by Crippen LogP contribution is 2.30. The third kappa shape index (κ3) is 5.21. The molecule has 5 nitrogen and oxygen atoms in total. The SMILES string of the molecule is C=CCN1C(=O)[C@H](Cc2ccc(C)cc2)S/C1=N/N=C\c1ccc(-c2ccc(Cl)cc2)o1. The summed E-state index contributed by atoms with van der Waals surface area (Å²) in [5.41, 5.74) is 3.24. The predicted molar refractivity (Wildman–Crippen MR) is 132 cm³/mol. The summed E-state index contributed by atoms with van der Waals surface area (Å²) in [5.74, 6) is 1.31. The first kappa shape index (κ1) is 22.1. The number of halogens is 1. The Morgan fingerprint density at radius 3 is 2.59 bits per heavy atom. The van der Waals surface area contributed by atoms with Gasteiger partial charge in [0, 0.05) is 17.1 Å². The molecule has 2 aromatic carbocycles. The number of hydrogen-bond donors (Lipinski definition) is 0. The number of amidine groups is 1. The lowest BCUT2D eigenvalue weighted by atomic mass is 10.1. The maximum atomic E-state index is 12.9. The van der Waals surface area contributed by atoms with E-state index in [2.05, 4.69) is 41.0 Å². The van der Waals surface area contributed by atoms with E-state index in [1.807, 2.05) is 43.3 Å². The van der Waals surface area contributed by atoms with Gasteiger partial charge in [-0.2, -0.15) is 5.10 Å². The zero-order valence-electron chi connectivity index (χ0n) is 17.6. The predicted octanol–water partition coefficient (Wildman–Crippen LogP) is 5.97. The molecule has 1 amide bonds. The quantitative estimate of drug-likeness (QED) is 0.246. The first-order valence-corrected chi connectivity index (χ1v) is 11.4. The molecule has 0 bridgehead atoms. The maximum absolute atomic E-state index is 12.9. The Morgan fingerprint density at radius 2 is 1.88 bits per heavy atom. The molecule has 1 atom stereocenters. The number of benzene rings is 2. The average Bonchev–Trinajstić information content (AvgIpc) is 3.37. The number of aryl methyl sites for hydroxylation is 1. The van der Waals surface area contributed by atoms with E-state index >= 15 is 0 Å². The van der Waals surface area contributed by atoms with Crippen molar-refractivity contribution >= 4 is 40.7 Å². The summed E-state index contributed by atoms with van der Waals surface area (Å²) in [6, 6.07) is 19.3. The van der Waals surface area contributed by atoms with Crippen molar-refractivity contribution in [3.8, 4) is 11.3 Å². The lowest BCUT2D eigenvalue weighted by molar-refractivity contribution is -0.125. The fourth-order valence-electron chi connectivity index (χ4n) is 3.28. The molecule has 0 N–H and O–H groups in total. The molecule has 3 aromatic rings. The van der Waals surface area contributed by atoms with E-state index in [-0.39, 0.29) is 11.2 Å². The second-order valence-electron chi connectivity index (χ2n) is 7.37. The summed E-state index contributed by atoms with van der Waals surface area (Å²) in [4.78, 5) is 14.5. The molecule has 32 heavy (non-hydrogen) atoms. The molecule has 0 aliphatic carbocycles. The number of rotatable bonds is 7. The van der Waals surface area contributed by atoms with Gasteiger partial charge in [0.25, 0.3) is 0 Å². The minimum absolute atomic E-state index is 0.0208. The highest BCUT2D eigenvalue weighted by molar-refractivity contribution is 8.15. The van der Waals surface area contributed by atoms with Crippen LogP contribution in [0.2, 0.25) is 5.02 Å². The molecule has 0 saturated carbocycles. The van der Waals surface area contributed by atoms with E-state index in [1.165, 1.54) is 23.5 Å². The second kappa shape index (κ2) is 10.0. The molecule has 1 fully saturated rings. The van der Waals surface area contributed by atoms with E-state index in [1.54, 1.807) is 11.0 Å². The summed E-state index contributed by atoms with van der Waals surface area (Å²) < 4.78 is 5.81. The largest absolute Gasteiger partial charge is 0.455 e. The standard InChI is InChI=1S/C25H22ClN3O2S/c1-3-14-29-24(30)23(15-18-6-4-17(2)5-7-18)32-25(29)28-27-16-21-12-13-22(31-21)19-8-10-20(26)11-9-19/h3-13,16,23H,1,14-15H2,2H3/b27-16-,28-25+/t23-/m0/s1. The van der Waals surface area contributed by atoms with Gasteiger partial charge in [0.2, 0.25) is 5.91 Å². The van der Waals surface area contributed by atoms with Crippen LogP contribution < -0.4 is 0 Å². The van der Waals surface area contributed by atoms with Crippen molar-refractivity contribution < 1.29 is 9.21 Å². The van der Waals surface area contributed by atoms with Crippen LogP contribution in [0.1, 0.15) is 16.9 Å². The molecule has 0 spiro atoms. The lowest BCUT2D eigenvalue weighted by Crippen LogP contribution is -2.32. The van der Waals surface area contributed by atoms with E-state index in [4.69, 9.17) is 16.0 Å². The van der Waals surface area contributed by atoms with Crippen molar-refractivity contribution in [3.05, 3.63) is 95.2 Å². The number of thioether (sulfide) groups is 1. The van der Waals surface area contributed by atoms with Crippen LogP contribution in [0.5, 0.6) is 0 Å². The van der Waals surface area contributed by atoms with Crippen LogP contribution in [0.15, 0.2) is 87.9 Å². The molecule has 0 unspecified atom stereocenters. The van der Waals surface area contributed by atoms with Crippen LogP contribution in [0.3, 0.4) is 0 Å². The number of hydrogen-bond acceptors (Lipinski definition) is 5. The number of furan rings is 1. The average molecular weight is 464 g/mol. The van der Waals surface area contributed by atoms with Crippen LogP contribution in [-0.2, 0) is 11.2 Å². The fraction of sp³-hybridized carbons (Fsp3) is 0.160. The first-order chi connectivity index (χ1) is 15.5. The Hall–Kier alpha value is -3.09.